The van der Waals surface area contributed by atoms with E-state index in [2.05, 4.69) is 5.32 Å². The maximum Gasteiger partial charge on any atom is 0.0841 e. The summed E-state index contributed by atoms with van der Waals surface area (Å²) in [6.07, 6.45) is 4.63. The van der Waals surface area contributed by atoms with Gasteiger partial charge in [0.2, 0.25) is 0 Å². The van der Waals surface area contributed by atoms with Crippen molar-refractivity contribution in [2.45, 2.75) is 25.7 Å². The first-order valence-electron chi connectivity index (χ1n) is 4.51. The molecule has 0 heterocycles. The van der Waals surface area contributed by atoms with Crippen molar-refractivity contribution in [3.8, 4) is 6.07 Å². The highest BCUT2D eigenvalue weighted by Gasteiger charge is 2.32. The third kappa shape index (κ3) is 2.20. The molecule has 68 valence electrons. The first-order valence-corrected chi connectivity index (χ1v) is 4.51. The largest absolute Gasteiger partial charge is 0.396 e. The summed E-state index contributed by atoms with van der Waals surface area (Å²) in [6, 6.07) is 2.04. The van der Waals surface area contributed by atoms with E-state index >= 15 is 0 Å². The number of nitriles is 1. The third-order valence-electron chi connectivity index (χ3n) is 2.70. The molecule has 1 rings (SSSR count). The van der Waals surface area contributed by atoms with Gasteiger partial charge in [0, 0.05) is 18.6 Å². The van der Waals surface area contributed by atoms with E-state index in [1.807, 2.05) is 6.07 Å². The molecular formula is C9H16N2O. The van der Waals surface area contributed by atoms with Gasteiger partial charge in [0.15, 0.2) is 0 Å². The summed E-state index contributed by atoms with van der Waals surface area (Å²) in [4.78, 5) is 0. The van der Waals surface area contributed by atoms with Crippen molar-refractivity contribution >= 4 is 0 Å². The molecule has 0 aromatic rings. The molecule has 0 aromatic heterocycles. The second-order valence-corrected chi connectivity index (χ2v) is 3.63. The summed E-state index contributed by atoms with van der Waals surface area (Å²) in [6.45, 7) is 1.43. The predicted molar refractivity (Wildman–Crippen MR) is 46.5 cm³/mol. The van der Waals surface area contributed by atoms with E-state index < -0.39 is 0 Å². The van der Waals surface area contributed by atoms with Gasteiger partial charge < -0.3 is 10.4 Å². The smallest absolute Gasteiger partial charge is 0.0841 e. The first-order chi connectivity index (χ1) is 5.83. The number of aliphatic hydroxyl groups is 1. The molecule has 0 aromatic carbocycles. The minimum atomic E-state index is 0.0802. The highest BCUT2D eigenvalue weighted by Crippen LogP contribution is 2.36. The van der Waals surface area contributed by atoms with Crippen molar-refractivity contribution in [2.24, 2.45) is 5.41 Å². The molecule has 1 saturated carbocycles. The van der Waals surface area contributed by atoms with Gasteiger partial charge in [0.05, 0.1) is 12.6 Å². The Bertz CT molecular complexity index is 168. The standard InChI is InChI=1S/C9H16N2O/c10-5-6-11-7-9(8-12)3-1-2-4-9/h11-12H,1-4,6-8H2. The maximum absolute atomic E-state index is 9.19. The second kappa shape index (κ2) is 4.44. The molecular weight excluding hydrogens is 152 g/mol. The summed E-state index contributed by atoms with van der Waals surface area (Å²) in [5, 5.41) is 20.6. The number of nitrogens with zero attached hydrogens (tertiary/aromatic N) is 1. The quantitative estimate of drug-likeness (QED) is 0.478. The predicted octanol–water partition coefficient (Wildman–Crippen LogP) is 0.652. The Labute approximate surface area is 73.4 Å². The average molecular weight is 168 g/mol. The Morgan fingerprint density at radius 3 is 2.58 bits per heavy atom. The van der Waals surface area contributed by atoms with Gasteiger partial charge in [0.1, 0.15) is 0 Å². The molecule has 2 N–H and O–H groups in total. The number of nitrogens with one attached hydrogen (secondary N) is 1. The zero-order chi connectivity index (χ0) is 8.86. The van der Waals surface area contributed by atoms with Gasteiger partial charge in [-0.15, -0.1) is 0 Å². The molecule has 3 heteroatoms. The molecule has 0 spiro atoms. The van der Waals surface area contributed by atoms with Gasteiger partial charge in [-0.2, -0.15) is 5.26 Å². The maximum atomic E-state index is 9.19. The van der Waals surface area contributed by atoms with Gasteiger partial charge in [-0.1, -0.05) is 12.8 Å². The van der Waals surface area contributed by atoms with Gasteiger partial charge >= 0.3 is 0 Å². The summed E-state index contributed by atoms with van der Waals surface area (Å²) in [7, 11) is 0. The van der Waals surface area contributed by atoms with Gasteiger partial charge in [-0.25, -0.2) is 0 Å². The van der Waals surface area contributed by atoms with Crippen LogP contribution in [0.4, 0.5) is 0 Å². The van der Waals surface area contributed by atoms with Gasteiger partial charge in [-0.05, 0) is 12.8 Å². The van der Waals surface area contributed by atoms with Crippen LogP contribution in [0.1, 0.15) is 25.7 Å². The molecule has 3 nitrogen and oxygen atoms in total. The lowest BCUT2D eigenvalue weighted by atomic mass is 9.87. The molecule has 0 radical (unpaired) electrons. The number of hydrogen-bond acceptors (Lipinski definition) is 3. The van der Waals surface area contributed by atoms with Crippen molar-refractivity contribution in [2.75, 3.05) is 19.7 Å². The zero-order valence-electron chi connectivity index (χ0n) is 7.34. The molecule has 0 saturated heterocycles. The lowest BCUT2D eigenvalue weighted by molar-refractivity contribution is 0.130. The van der Waals surface area contributed by atoms with Crippen LogP contribution in [0.3, 0.4) is 0 Å². The van der Waals surface area contributed by atoms with Crippen LogP contribution in [0.2, 0.25) is 0 Å². The van der Waals surface area contributed by atoms with Crippen molar-refractivity contribution in [3.05, 3.63) is 0 Å². The number of hydrogen-bond donors (Lipinski definition) is 2. The van der Waals surface area contributed by atoms with Crippen LogP contribution in [-0.2, 0) is 0 Å². The lowest BCUT2D eigenvalue weighted by Gasteiger charge is -2.25. The highest BCUT2D eigenvalue weighted by molar-refractivity contribution is 4.87. The molecule has 12 heavy (non-hydrogen) atoms. The van der Waals surface area contributed by atoms with Crippen LogP contribution in [0.5, 0.6) is 0 Å². The Morgan fingerprint density at radius 1 is 1.42 bits per heavy atom. The fourth-order valence-corrected chi connectivity index (χ4v) is 1.90. The van der Waals surface area contributed by atoms with E-state index in [9.17, 15) is 5.11 Å². The van der Waals surface area contributed by atoms with Crippen LogP contribution >= 0.6 is 0 Å². The first kappa shape index (κ1) is 9.50. The SMILES string of the molecule is N#CCNCC1(CO)CCCC1. The van der Waals surface area contributed by atoms with Crippen molar-refractivity contribution < 1.29 is 5.11 Å². The lowest BCUT2D eigenvalue weighted by Crippen LogP contribution is -2.35. The van der Waals surface area contributed by atoms with E-state index in [0.717, 1.165) is 19.4 Å². The van der Waals surface area contributed by atoms with Gasteiger partial charge in [-0.3, -0.25) is 0 Å². The average Bonchev–Trinajstić information content (AvgIpc) is 2.55. The van der Waals surface area contributed by atoms with Crippen molar-refractivity contribution in [3.63, 3.8) is 0 Å². The van der Waals surface area contributed by atoms with E-state index in [1.54, 1.807) is 0 Å². The Morgan fingerprint density at radius 2 is 2.08 bits per heavy atom. The monoisotopic (exact) mass is 168 g/mol. The number of aliphatic hydroxyl groups excluding tert-OH is 1. The van der Waals surface area contributed by atoms with Crippen molar-refractivity contribution in [1.82, 2.24) is 5.32 Å². The van der Waals surface area contributed by atoms with Crippen LogP contribution in [0.15, 0.2) is 0 Å². The van der Waals surface area contributed by atoms with E-state index in [-0.39, 0.29) is 12.0 Å². The van der Waals surface area contributed by atoms with E-state index in [4.69, 9.17) is 5.26 Å². The molecule has 1 aliphatic rings. The minimum Gasteiger partial charge on any atom is -0.396 e. The van der Waals surface area contributed by atoms with Crippen LogP contribution in [-0.4, -0.2) is 24.8 Å². The zero-order valence-corrected chi connectivity index (χ0v) is 7.34. The molecule has 1 fully saturated rings. The van der Waals surface area contributed by atoms with Crippen LogP contribution in [0.25, 0.3) is 0 Å². The van der Waals surface area contributed by atoms with Crippen molar-refractivity contribution in [1.29, 1.82) is 5.26 Å². The summed E-state index contributed by atoms with van der Waals surface area (Å²) in [5.41, 5.74) is 0.0802. The highest BCUT2D eigenvalue weighted by atomic mass is 16.3. The van der Waals surface area contributed by atoms with Crippen LogP contribution < -0.4 is 5.32 Å². The fourth-order valence-electron chi connectivity index (χ4n) is 1.90. The number of rotatable bonds is 4. The summed E-state index contributed by atoms with van der Waals surface area (Å²) in [5.74, 6) is 0. The van der Waals surface area contributed by atoms with Crippen LogP contribution in [0, 0.1) is 16.7 Å². The van der Waals surface area contributed by atoms with E-state index in [1.165, 1.54) is 12.8 Å². The minimum absolute atomic E-state index is 0.0802. The molecule has 0 aliphatic heterocycles. The Hall–Kier alpha value is -0.590. The third-order valence-corrected chi connectivity index (χ3v) is 2.70. The second-order valence-electron chi connectivity index (χ2n) is 3.63. The molecule has 0 atom stereocenters. The summed E-state index contributed by atoms with van der Waals surface area (Å²) >= 11 is 0. The van der Waals surface area contributed by atoms with Gasteiger partial charge in [0.25, 0.3) is 0 Å². The molecule has 0 unspecified atom stereocenters. The molecule has 0 bridgehead atoms. The Balaban J connectivity index is 2.30. The molecule has 1 aliphatic carbocycles. The van der Waals surface area contributed by atoms with E-state index in [0.29, 0.717) is 6.54 Å². The normalized spacial score (nSPS) is 20.7. The Kier molecular flexibility index (Phi) is 3.51. The summed E-state index contributed by atoms with van der Waals surface area (Å²) < 4.78 is 0. The molecule has 0 amide bonds. The topological polar surface area (TPSA) is 56.0 Å². The fraction of sp³-hybridized carbons (Fsp3) is 0.889.